The number of rotatable bonds is 7. The van der Waals surface area contributed by atoms with Crippen molar-refractivity contribution in [3.05, 3.63) is 59.2 Å². The fourth-order valence-electron chi connectivity index (χ4n) is 4.94. The Morgan fingerprint density at radius 3 is 2.82 bits per heavy atom. The van der Waals surface area contributed by atoms with Crippen LogP contribution in [0.15, 0.2) is 41.5 Å². The number of hydrogen-bond acceptors (Lipinski definition) is 6. The lowest BCUT2D eigenvalue weighted by molar-refractivity contribution is 0.0988. The van der Waals surface area contributed by atoms with Crippen molar-refractivity contribution >= 4 is 27.0 Å². The van der Waals surface area contributed by atoms with E-state index in [1.165, 1.54) is 30.5 Å². The first-order chi connectivity index (χ1) is 16.1. The van der Waals surface area contributed by atoms with Crippen LogP contribution in [0, 0.1) is 18.2 Å². The van der Waals surface area contributed by atoms with Gasteiger partial charge < -0.3 is 10.5 Å². The second kappa shape index (κ2) is 8.51. The van der Waals surface area contributed by atoms with Gasteiger partial charge in [0, 0.05) is 12.0 Å². The molecule has 2 bridgehead atoms. The van der Waals surface area contributed by atoms with Crippen molar-refractivity contribution in [3.63, 3.8) is 0 Å². The van der Waals surface area contributed by atoms with E-state index in [9.17, 15) is 13.4 Å². The maximum absolute atomic E-state index is 15.1. The maximum atomic E-state index is 15.1. The predicted octanol–water partition coefficient (Wildman–Crippen LogP) is 2.83. The number of carbonyl (C=O) groups is 1. The van der Waals surface area contributed by atoms with E-state index in [0.717, 1.165) is 0 Å². The molecule has 34 heavy (non-hydrogen) atoms. The molecule has 2 aliphatic heterocycles. The summed E-state index contributed by atoms with van der Waals surface area (Å²) in [7, 11) is -3.05. The number of pyridine rings is 1. The molecule has 2 aromatic rings. The highest BCUT2D eigenvalue weighted by Crippen LogP contribution is 2.51. The summed E-state index contributed by atoms with van der Waals surface area (Å²) < 4.78 is 46.5. The number of benzene rings is 1. The van der Waals surface area contributed by atoms with Crippen LogP contribution in [-0.4, -0.2) is 50.0 Å². The van der Waals surface area contributed by atoms with E-state index in [1.807, 2.05) is 0 Å². The molecule has 4 atom stereocenters. The summed E-state index contributed by atoms with van der Waals surface area (Å²) in [6.45, 7) is 0.809. The number of aliphatic imine (C=N–C) groups is 1. The Morgan fingerprint density at radius 2 is 2.18 bits per heavy atom. The highest BCUT2D eigenvalue weighted by Gasteiger charge is 2.61. The third-order valence-electron chi connectivity index (χ3n) is 6.88. The molecule has 3 heterocycles. The number of amidine groups is 1. The van der Waals surface area contributed by atoms with E-state index < -0.39 is 37.5 Å². The lowest BCUT2D eigenvalue weighted by Gasteiger charge is -2.42. The highest BCUT2D eigenvalue weighted by molar-refractivity contribution is 8.03. The van der Waals surface area contributed by atoms with Gasteiger partial charge in [0.1, 0.15) is 46.7 Å². The van der Waals surface area contributed by atoms with Crippen LogP contribution in [-0.2, 0) is 21.5 Å². The fourth-order valence-corrected chi connectivity index (χ4v) is 7.96. The van der Waals surface area contributed by atoms with E-state index in [0.29, 0.717) is 17.7 Å². The Hall–Kier alpha value is -3.25. The van der Waals surface area contributed by atoms with E-state index in [4.69, 9.17) is 16.9 Å². The van der Waals surface area contributed by atoms with Crippen LogP contribution < -0.4 is 10.5 Å². The molecule has 1 aromatic heterocycles. The average Bonchev–Trinajstić information content (AvgIpc) is 3.02. The third kappa shape index (κ3) is 3.57. The zero-order chi connectivity index (χ0) is 24.7. The minimum Gasteiger partial charge on any atom is -0.479 e. The summed E-state index contributed by atoms with van der Waals surface area (Å²) in [4.78, 5) is 21.4. The number of ether oxygens (including phenoxy) is 1. The Balaban J connectivity index is 1.65. The maximum Gasteiger partial charge on any atom is 0.185 e. The van der Waals surface area contributed by atoms with Gasteiger partial charge in [-0.15, -0.1) is 6.42 Å². The van der Waals surface area contributed by atoms with Crippen LogP contribution in [0.4, 0.5) is 8.78 Å². The van der Waals surface area contributed by atoms with Crippen molar-refractivity contribution in [1.29, 1.82) is 0 Å². The second-order valence-corrected chi connectivity index (χ2v) is 11.6. The summed E-state index contributed by atoms with van der Waals surface area (Å²) in [5.74, 6) is 5.69. The summed E-state index contributed by atoms with van der Waals surface area (Å²) in [6, 6.07) is 7.40. The van der Waals surface area contributed by atoms with Gasteiger partial charge in [-0.25, -0.2) is 13.8 Å². The normalized spacial score (nSPS) is 29.8. The molecule has 0 aliphatic carbocycles. The summed E-state index contributed by atoms with van der Waals surface area (Å²) in [5.41, 5.74) is 5.73. The number of hydrogen-bond donors (Lipinski definition) is 1. The number of aromatic nitrogens is 1. The minimum absolute atomic E-state index is 0.0427. The number of ketones is 1. The van der Waals surface area contributed by atoms with Gasteiger partial charge in [0.05, 0.1) is 11.4 Å². The topological polar surface area (TPSA) is 94.6 Å². The van der Waals surface area contributed by atoms with E-state index in [-0.39, 0.29) is 42.3 Å². The van der Waals surface area contributed by atoms with Crippen molar-refractivity contribution < 1.29 is 22.5 Å². The van der Waals surface area contributed by atoms with Gasteiger partial charge in [0.15, 0.2) is 5.78 Å². The van der Waals surface area contributed by atoms with Gasteiger partial charge in [0.25, 0.3) is 0 Å². The molecular formula is C25H25F2N3O3S. The predicted molar refractivity (Wildman–Crippen MR) is 129 cm³/mol. The molecule has 0 spiro atoms. The SMILES string of the molecule is C#CCOc1ccc(C(=O)Cc2ccc(F)c([C@@]3(C)N=C(N)[C@@]4(CF)CCC3S4(=C)=O)c2)nc1. The Kier molecular flexibility index (Phi) is 5.98. The average molecular weight is 486 g/mol. The zero-order valence-corrected chi connectivity index (χ0v) is 19.5. The summed E-state index contributed by atoms with van der Waals surface area (Å²) in [6.07, 6.45) is 7.12. The van der Waals surface area contributed by atoms with Gasteiger partial charge >= 0.3 is 0 Å². The first-order valence-electron chi connectivity index (χ1n) is 10.7. The summed E-state index contributed by atoms with van der Waals surface area (Å²) >= 11 is 0. The fraction of sp³-hybridized carbons (Fsp3) is 0.360. The molecule has 0 saturated carbocycles. The second-order valence-electron chi connectivity index (χ2n) is 8.81. The van der Waals surface area contributed by atoms with E-state index >= 15 is 4.39 Å². The Bertz CT molecular complexity index is 1320. The number of fused-ring (bicyclic) bond motifs is 2. The molecule has 1 saturated heterocycles. The molecule has 1 aromatic carbocycles. The van der Waals surface area contributed by atoms with Gasteiger partial charge in [0.2, 0.25) is 0 Å². The van der Waals surface area contributed by atoms with Gasteiger partial charge in [-0.05, 0) is 65.0 Å². The summed E-state index contributed by atoms with van der Waals surface area (Å²) in [5, 5.41) is -0.680. The molecule has 1 fully saturated rings. The molecule has 2 N–H and O–H groups in total. The van der Waals surface area contributed by atoms with Crippen LogP contribution in [0.5, 0.6) is 5.75 Å². The lowest BCUT2D eigenvalue weighted by Crippen LogP contribution is -2.58. The first-order valence-corrected chi connectivity index (χ1v) is 12.5. The number of alkyl halides is 1. The van der Waals surface area contributed by atoms with Crippen LogP contribution in [0.3, 0.4) is 0 Å². The molecule has 4 rings (SSSR count). The van der Waals surface area contributed by atoms with Crippen LogP contribution in [0.25, 0.3) is 0 Å². The minimum atomic E-state index is -3.05. The molecule has 6 nitrogen and oxygen atoms in total. The molecule has 0 amide bonds. The van der Waals surface area contributed by atoms with Gasteiger partial charge in [-0.1, -0.05) is 12.0 Å². The smallest absolute Gasteiger partial charge is 0.185 e. The number of nitrogens with zero attached hydrogens (tertiary/aromatic N) is 2. The van der Waals surface area contributed by atoms with Crippen molar-refractivity contribution in [1.82, 2.24) is 4.98 Å². The van der Waals surface area contributed by atoms with Crippen LogP contribution in [0.1, 0.15) is 41.4 Å². The Morgan fingerprint density at radius 1 is 1.41 bits per heavy atom. The van der Waals surface area contributed by atoms with Crippen molar-refractivity contribution in [3.8, 4) is 18.1 Å². The largest absolute Gasteiger partial charge is 0.479 e. The highest BCUT2D eigenvalue weighted by atomic mass is 32.2. The Labute approximate surface area is 197 Å². The van der Waals surface area contributed by atoms with Gasteiger partial charge in [-0.2, -0.15) is 0 Å². The lowest BCUT2D eigenvalue weighted by atomic mass is 9.85. The molecule has 2 unspecified atom stereocenters. The molecule has 9 heteroatoms. The van der Waals surface area contributed by atoms with Crippen molar-refractivity contribution in [2.24, 2.45) is 10.7 Å². The molecule has 178 valence electrons. The molecule has 0 radical (unpaired) electrons. The standard InChI is InChI=1S/C25H25F2N3O3S/c1-4-11-33-17-6-8-20(29-14-17)21(31)13-16-5-7-19(27)18(12-16)24(2)22-9-10-25(15-26,23(28)30-24)34(22,3)32/h1,5-8,12,14,22H,3,9-11,13,15H2,2H3,(H2,28,30)/t22?,24-,25+,34?/m1/s1. The van der Waals surface area contributed by atoms with E-state index in [1.54, 1.807) is 13.0 Å². The molecule has 2 aliphatic rings. The van der Waals surface area contributed by atoms with Gasteiger partial charge in [-0.3, -0.25) is 14.0 Å². The number of terminal acetylenes is 1. The van der Waals surface area contributed by atoms with E-state index in [2.05, 4.69) is 21.8 Å². The monoisotopic (exact) mass is 485 g/mol. The van der Waals surface area contributed by atoms with Crippen LogP contribution >= 0.6 is 0 Å². The number of nitrogens with two attached hydrogens (primary N) is 1. The number of carbonyl (C=O) groups excluding carboxylic acids is 1. The van der Waals surface area contributed by atoms with Crippen LogP contribution in [0.2, 0.25) is 0 Å². The third-order valence-corrected chi connectivity index (χ3v) is 10.3. The zero-order valence-electron chi connectivity index (χ0n) is 18.7. The van der Waals surface area contributed by atoms with Crippen molar-refractivity contribution in [2.45, 2.75) is 41.7 Å². The van der Waals surface area contributed by atoms with Crippen molar-refractivity contribution in [2.75, 3.05) is 13.3 Å². The number of halogens is 2. The molecular weight excluding hydrogens is 460 g/mol. The number of Topliss-reactive ketones (excluding diaryl/α,β-unsaturated/α-hetero) is 1. The quantitative estimate of drug-likeness (QED) is 0.370. The first kappa shape index (κ1) is 23.9.